The molecule has 0 saturated carbocycles. The molecule has 7 heteroatoms. The second-order valence-corrected chi connectivity index (χ2v) is 2.86. The minimum atomic E-state index is -1.66. The number of hydrogen-bond acceptors (Lipinski definition) is 5. The highest BCUT2D eigenvalue weighted by molar-refractivity contribution is 5.87. The predicted octanol–water partition coefficient (Wildman–Crippen LogP) is -5.01. The number of carbonyl (C=O) groups is 3. The SMILES string of the molecule is C[C@H]([NH3+])C(=O)N[C@H](CC(=O)[O-])C(=O)[O-]. The summed E-state index contributed by atoms with van der Waals surface area (Å²) in [5, 5.41) is 22.4. The van der Waals surface area contributed by atoms with E-state index < -0.39 is 36.4 Å². The van der Waals surface area contributed by atoms with Gasteiger partial charge in [0, 0.05) is 12.4 Å². The number of nitrogens with one attached hydrogen (secondary N) is 1. The molecular formula is C7H11N2O5-. The van der Waals surface area contributed by atoms with Crippen molar-refractivity contribution in [3.63, 3.8) is 0 Å². The fourth-order valence-electron chi connectivity index (χ4n) is 0.674. The van der Waals surface area contributed by atoms with Gasteiger partial charge in [-0.2, -0.15) is 0 Å². The Balaban J connectivity index is 4.31. The molecule has 0 rings (SSSR count). The highest BCUT2D eigenvalue weighted by atomic mass is 16.4. The number of quaternary nitrogens is 1. The van der Waals surface area contributed by atoms with E-state index in [1.54, 1.807) is 0 Å². The molecule has 2 atom stereocenters. The molecule has 0 aromatic heterocycles. The Hall–Kier alpha value is -1.63. The zero-order valence-corrected chi connectivity index (χ0v) is 7.61. The van der Waals surface area contributed by atoms with Gasteiger partial charge in [-0.15, -0.1) is 0 Å². The van der Waals surface area contributed by atoms with Crippen LogP contribution in [0.25, 0.3) is 0 Å². The molecule has 0 aromatic carbocycles. The van der Waals surface area contributed by atoms with Crippen molar-refractivity contribution in [3.8, 4) is 0 Å². The summed E-state index contributed by atoms with van der Waals surface area (Å²) >= 11 is 0. The predicted molar refractivity (Wildman–Crippen MR) is 38.9 cm³/mol. The van der Waals surface area contributed by atoms with Crippen LogP contribution in [-0.2, 0) is 14.4 Å². The van der Waals surface area contributed by atoms with Gasteiger partial charge < -0.3 is 30.9 Å². The quantitative estimate of drug-likeness (QED) is 0.460. The van der Waals surface area contributed by atoms with Crippen LogP contribution in [0.2, 0.25) is 0 Å². The number of carboxylic acids is 2. The van der Waals surface area contributed by atoms with Crippen molar-refractivity contribution in [1.82, 2.24) is 5.32 Å². The molecule has 14 heavy (non-hydrogen) atoms. The number of hydrogen-bond donors (Lipinski definition) is 2. The summed E-state index contributed by atoms with van der Waals surface area (Å²) in [7, 11) is 0. The van der Waals surface area contributed by atoms with Crippen LogP contribution in [0, 0.1) is 0 Å². The van der Waals surface area contributed by atoms with E-state index >= 15 is 0 Å². The average molecular weight is 203 g/mol. The summed E-state index contributed by atoms with van der Waals surface area (Å²) in [6, 6.07) is -2.24. The fourth-order valence-corrected chi connectivity index (χ4v) is 0.674. The number of carboxylic acid groups (broad SMARTS) is 2. The van der Waals surface area contributed by atoms with Gasteiger partial charge in [0.2, 0.25) is 0 Å². The lowest BCUT2D eigenvalue weighted by Crippen LogP contribution is -2.67. The van der Waals surface area contributed by atoms with Crippen molar-refractivity contribution in [2.45, 2.75) is 25.4 Å². The van der Waals surface area contributed by atoms with Gasteiger partial charge in [0.05, 0.1) is 12.0 Å². The Morgan fingerprint density at radius 2 is 1.86 bits per heavy atom. The number of rotatable bonds is 5. The Labute approximate surface area is 79.9 Å². The van der Waals surface area contributed by atoms with Gasteiger partial charge in [-0.3, -0.25) is 4.79 Å². The van der Waals surface area contributed by atoms with Gasteiger partial charge in [0.15, 0.2) is 6.04 Å². The van der Waals surface area contributed by atoms with Crippen LogP contribution in [0.4, 0.5) is 0 Å². The van der Waals surface area contributed by atoms with Gasteiger partial charge >= 0.3 is 0 Å². The highest BCUT2D eigenvalue weighted by Crippen LogP contribution is 1.90. The van der Waals surface area contributed by atoms with E-state index in [1.165, 1.54) is 6.92 Å². The van der Waals surface area contributed by atoms with Crippen LogP contribution in [0.3, 0.4) is 0 Å². The van der Waals surface area contributed by atoms with Crippen molar-refractivity contribution in [1.29, 1.82) is 0 Å². The third-order valence-corrected chi connectivity index (χ3v) is 1.42. The molecule has 0 aliphatic heterocycles. The summed E-state index contributed by atoms with van der Waals surface area (Å²) in [6.45, 7) is 1.45. The molecule has 0 unspecified atom stereocenters. The zero-order chi connectivity index (χ0) is 11.3. The first-order chi connectivity index (χ1) is 6.34. The number of carbonyl (C=O) groups excluding carboxylic acids is 3. The monoisotopic (exact) mass is 203 g/mol. The Kier molecular flexibility index (Phi) is 4.57. The van der Waals surface area contributed by atoms with Gasteiger partial charge in [0.25, 0.3) is 5.91 Å². The maximum Gasteiger partial charge on any atom is 0.278 e. The molecule has 4 N–H and O–H groups in total. The largest absolute Gasteiger partial charge is 0.550 e. The molecule has 0 fully saturated rings. The van der Waals surface area contributed by atoms with Crippen LogP contribution < -0.4 is 21.3 Å². The lowest BCUT2D eigenvalue weighted by Gasteiger charge is -2.20. The fraction of sp³-hybridized carbons (Fsp3) is 0.571. The summed E-state index contributed by atoms with van der Waals surface area (Å²) in [5.41, 5.74) is 3.34. The highest BCUT2D eigenvalue weighted by Gasteiger charge is 2.17. The van der Waals surface area contributed by atoms with Crippen LogP contribution in [0.5, 0.6) is 0 Å². The Morgan fingerprint density at radius 1 is 1.36 bits per heavy atom. The lowest BCUT2D eigenvalue weighted by molar-refractivity contribution is -0.398. The van der Waals surface area contributed by atoms with Crippen molar-refractivity contribution < 1.29 is 30.3 Å². The number of amides is 1. The maximum atomic E-state index is 11.0. The van der Waals surface area contributed by atoms with E-state index in [1.807, 2.05) is 5.32 Å². The van der Waals surface area contributed by atoms with Crippen molar-refractivity contribution in [2.24, 2.45) is 0 Å². The molecule has 80 valence electrons. The molecule has 7 nitrogen and oxygen atoms in total. The van der Waals surface area contributed by atoms with E-state index in [2.05, 4.69) is 5.73 Å². The number of aliphatic carboxylic acids is 2. The molecule has 1 amide bonds. The molecule has 0 heterocycles. The van der Waals surface area contributed by atoms with Crippen molar-refractivity contribution in [3.05, 3.63) is 0 Å². The summed E-state index contributed by atoms with van der Waals surface area (Å²) in [5.74, 6) is -3.89. The maximum absolute atomic E-state index is 11.0. The third kappa shape index (κ3) is 4.41. The second kappa shape index (κ2) is 5.18. The molecular weight excluding hydrogens is 192 g/mol. The van der Waals surface area contributed by atoms with Crippen molar-refractivity contribution in [2.75, 3.05) is 0 Å². The molecule has 0 bridgehead atoms. The van der Waals surface area contributed by atoms with E-state index in [9.17, 15) is 24.6 Å². The topological polar surface area (TPSA) is 137 Å². The third-order valence-electron chi connectivity index (χ3n) is 1.42. The van der Waals surface area contributed by atoms with E-state index in [0.29, 0.717) is 0 Å². The van der Waals surface area contributed by atoms with Gasteiger partial charge in [-0.25, -0.2) is 0 Å². The van der Waals surface area contributed by atoms with Gasteiger partial charge in [-0.05, 0) is 6.92 Å². The normalized spacial score (nSPS) is 14.1. The van der Waals surface area contributed by atoms with Gasteiger partial charge in [-0.1, -0.05) is 0 Å². The second-order valence-electron chi connectivity index (χ2n) is 2.86. The smallest absolute Gasteiger partial charge is 0.278 e. The lowest BCUT2D eigenvalue weighted by atomic mass is 10.2. The molecule has 0 aliphatic carbocycles. The summed E-state index contributed by atoms with van der Waals surface area (Å²) in [4.78, 5) is 31.4. The average Bonchev–Trinajstić information content (AvgIpc) is 2.01. The standard InChI is InChI=1S/C7H12N2O5/c1-3(8)6(12)9-4(7(13)14)2-5(10)11/h3-4H,2,8H2,1H3,(H,9,12)(H,10,11)(H,13,14)/p-1/t3-,4+/m0/s1. The first-order valence-corrected chi connectivity index (χ1v) is 3.88. The molecule has 0 radical (unpaired) electrons. The molecule has 0 aliphatic rings. The zero-order valence-electron chi connectivity index (χ0n) is 7.61. The Morgan fingerprint density at radius 3 is 2.14 bits per heavy atom. The van der Waals surface area contributed by atoms with Gasteiger partial charge in [0.1, 0.15) is 0 Å². The molecule has 0 spiro atoms. The molecule has 0 saturated heterocycles. The minimum absolute atomic E-state index is 0.652. The van der Waals surface area contributed by atoms with E-state index in [-0.39, 0.29) is 0 Å². The first-order valence-electron chi connectivity index (χ1n) is 3.88. The minimum Gasteiger partial charge on any atom is -0.550 e. The summed E-state index contributed by atoms with van der Waals surface area (Å²) in [6.07, 6.45) is -0.819. The summed E-state index contributed by atoms with van der Waals surface area (Å²) < 4.78 is 0. The van der Waals surface area contributed by atoms with E-state index in [4.69, 9.17) is 0 Å². The van der Waals surface area contributed by atoms with Crippen LogP contribution in [-0.4, -0.2) is 29.9 Å². The Bertz CT molecular complexity index is 250. The van der Waals surface area contributed by atoms with E-state index in [0.717, 1.165) is 0 Å². The first kappa shape index (κ1) is 12.4. The van der Waals surface area contributed by atoms with Crippen LogP contribution >= 0.6 is 0 Å². The van der Waals surface area contributed by atoms with Crippen LogP contribution in [0.15, 0.2) is 0 Å². The van der Waals surface area contributed by atoms with Crippen LogP contribution in [0.1, 0.15) is 13.3 Å². The molecule has 0 aromatic rings. The van der Waals surface area contributed by atoms with Crippen molar-refractivity contribution >= 4 is 17.8 Å².